The molecule has 9 heteroatoms. The van der Waals surface area contributed by atoms with Gasteiger partial charge >= 0.3 is 5.97 Å². The van der Waals surface area contributed by atoms with E-state index in [0.717, 1.165) is 18.4 Å². The SMILES string of the molecule is CCOC(=O)C(CCSC)NC(=O)C(Cc1ccccc1)NC(=O)C(NC(S)CCC(c1ccccc1)(c1ccccc1)c1ccccc1)C(C)CC. The summed E-state index contributed by atoms with van der Waals surface area (Å²) in [4.78, 5) is 40.9. The number of rotatable bonds is 21. The van der Waals surface area contributed by atoms with Gasteiger partial charge in [0.05, 0.1) is 18.0 Å². The summed E-state index contributed by atoms with van der Waals surface area (Å²) in [5.41, 5.74) is 3.99. The van der Waals surface area contributed by atoms with Crippen molar-refractivity contribution in [1.29, 1.82) is 0 Å². The number of amides is 2. The predicted molar refractivity (Wildman–Crippen MR) is 221 cm³/mol. The number of carbonyl (C=O) groups excluding carboxylic acids is 3. The van der Waals surface area contributed by atoms with Crippen LogP contribution in [0.15, 0.2) is 121 Å². The molecule has 0 spiro atoms. The molecule has 4 rings (SSSR count). The van der Waals surface area contributed by atoms with Crippen LogP contribution in [0.2, 0.25) is 0 Å². The number of thioether (sulfide) groups is 1. The quantitative estimate of drug-likeness (QED) is 0.0303. The molecule has 3 N–H and O–H groups in total. The number of thiol groups is 1. The molecule has 0 heterocycles. The molecule has 53 heavy (non-hydrogen) atoms. The van der Waals surface area contributed by atoms with Gasteiger partial charge in [-0.25, -0.2) is 4.79 Å². The van der Waals surface area contributed by atoms with Gasteiger partial charge in [-0.3, -0.25) is 14.9 Å². The molecule has 0 aromatic heterocycles. The highest BCUT2D eigenvalue weighted by Crippen LogP contribution is 2.43. The van der Waals surface area contributed by atoms with Gasteiger partial charge < -0.3 is 15.4 Å². The van der Waals surface area contributed by atoms with Gasteiger partial charge in [-0.05, 0) is 66.4 Å². The van der Waals surface area contributed by atoms with Gasteiger partial charge in [-0.15, -0.1) is 0 Å². The highest BCUT2D eigenvalue weighted by Gasteiger charge is 2.37. The maximum atomic E-state index is 14.3. The van der Waals surface area contributed by atoms with Gasteiger partial charge in [0.1, 0.15) is 12.1 Å². The first-order valence-corrected chi connectivity index (χ1v) is 20.5. The summed E-state index contributed by atoms with van der Waals surface area (Å²) < 4.78 is 5.27. The molecule has 0 fully saturated rings. The Morgan fingerprint density at radius 2 is 1.21 bits per heavy atom. The second-order valence-electron chi connectivity index (χ2n) is 13.4. The third-order valence-corrected chi connectivity index (χ3v) is 10.9. The van der Waals surface area contributed by atoms with E-state index in [0.29, 0.717) is 18.6 Å². The van der Waals surface area contributed by atoms with E-state index < -0.39 is 35.4 Å². The zero-order valence-corrected chi connectivity index (χ0v) is 33.1. The molecule has 2 amide bonds. The fraction of sp³-hybridized carbons (Fsp3) is 0.386. The third-order valence-electron chi connectivity index (χ3n) is 9.87. The first-order valence-electron chi connectivity index (χ1n) is 18.6. The van der Waals surface area contributed by atoms with Crippen LogP contribution >= 0.6 is 24.4 Å². The lowest BCUT2D eigenvalue weighted by atomic mass is 9.66. The molecule has 0 aliphatic carbocycles. The molecule has 0 aliphatic rings. The van der Waals surface area contributed by atoms with E-state index in [1.54, 1.807) is 18.7 Å². The summed E-state index contributed by atoms with van der Waals surface area (Å²) in [5, 5.41) is 9.17. The fourth-order valence-electron chi connectivity index (χ4n) is 6.80. The molecule has 282 valence electrons. The van der Waals surface area contributed by atoms with Crippen molar-refractivity contribution in [1.82, 2.24) is 16.0 Å². The number of hydrogen-bond donors (Lipinski definition) is 4. The maximum absolute atomic E-state index is 14.3. The molecule has 5 atom stereocenters. The van der Waals surface area contributed by atoms with Crippen LogP contribution in [-0.2, 0) is 31.0 Å². The fourth-order valence-corrected chi connectivity index (χ4v) is 7.56. The summed E-state index contributed by atoms with van der Waals surface area (Å²) in [6.07, 6.45) is 4.75. The average Bonchev–Trinajstić information content (AvgIpc) is 3.19. The third kappa shape index (κ3) is 11.7. The Bertz CT molecular complexity index is 1580. The number of hydrogen-bond acceptors (Lipinski definition) is 7. The smallest absolute Gasteiger partial charge is 0.328 e. The Kier molecular flexibility index (Phi) is 17.0. The minimum atomic E-state index is -0.912. The van der Waals surface area contributed by atoms with Crippen molar-refractivity contribution in [2.75, 3.05) is 18.6 Å². The van der Waals surface area contributed by atoms with Gasteiger partial charge in [0, 0.05) is 11.8 Å². The maximum Gasteiger partial charge on any atom is 0.328 e. The topological polar surface area (TPSA) is 96.5 Å². The lowest BCUT2D eigenvalue weighted by Crippen LogP contribution is -2.58. The molecule has 4 aromatic carbocycles. The largest absolute Gasteiger partial charge is 0.464 e. The average molecular weight is 754 g/mol. The van der Waals surface area contributed by atoms with Crippen molar-refractivity contribution < 1.29 is 19.1 Å². The van der Waals surface area contributed by atoms with Crippen LogP contribution in [0.25, 0.3) is 0 Å². The monoisotopic (exact) mass is 753 g/mol. The van der Waals surface area contributed by atoms with Crippen LogP contribution < -0.4 is 16.0 Å². The molecule has 0 radical (unpaired) electrons. The van der Waals surface area contributed by atoms with Crippen molar-refractivity contribution >= 4 is 42.2 Å². The van der Waals surface area contributed by atoms with Crippen LogP contribution in [-0.4, -0.2) is 59.9 Å². The Labute approximate surface area is 325 Å². The minimum absolute atomic E-state index is 0.0546. The number of nitrogens with one attached hydrogen (secondary N) is 3. The van der Waals surface area contributed by atoms with E-state index in [9.17, 15) is 14.4 Å². The summed E-state index contributed by atoms with van der Waals surface area (Å²) >= 11 is 6.64. The summed E-state index contributed by atoms with van der Waals surface area (Å²) in [6.45, 7) is 6.04. The molecule has 5 unspecified atom stereocenters. The summed E-state index contributed by atoms with van der Waals surface area (Å²) in [5.74, 6) is -0.574. The lowest BCUT2D eigenvalue weighted by molar-refractivity contribution is -0.147. The van der Waals surface area contributed by atoms with Crippen molar-refractivity contribution in [3.63, 3.8) is 0 Å². The standard InChI is InChI=1S/C44H55N3O4S2/c1-5-32(3)40(42(49)46-38(31-33-19-11-7-12-20-33)41(48)45-37(28-30-53-4)43(50)51-6-2)47-39(52)27-29-44(34-21-13-8-14-22-34,35-23-15-9-16-24-35)36-25-17-10-18-26-36/h7-26,32,37-40,47,52H,5-6,27-31H2,1-4H3,(H,45,48)(H,46,49). The lowest BCUT2D eigenvalue weighted by Gasteiger charge is -2.37. The van der Waals surface area contributed by atoms with Crippen molar-refractivity contribution in [2.24, 2.45) is 5.92 Å². The zero-order valence-electron chi connectivity index (χ0n) is 31.4. The molecule has 0 aliphatic heterocycles. The number of ether oxygens (including phenoxy) is 1. The van der Waals surface area contributed by atoms with Crippen LogP contribution in [0.4, 0.5) is 0 Å². The summed E-state index contributed by atoms with van der Waals surface area (Å²) in [7, 11) is 0. The second-order valence-corrected chi connectivity index (χ2v) is 15.0. The Balaban J connectivity index is 1.58. The van der Waals surface area contributed by atoms with E-state index >= 15 is 0 Å². The normalized spacial score (nSPS) is 14.3. The van der Waals surface area contributed by atoms with Crippen LogP contribution in [0.1, 0.15) is 68.7 Å². The van der Waals surface area contributed by atoms with Crippen LogP contribution in [0.5, 0.6) is 0 Å². The zero-order chi connectivity index (χ0) is 38.1. The van der Waals surface area contributed by atoms with Crippen LogP contribution in [0, 0.1) is 5.92 Å². The first kappa shape index (κ1) is 41.7. The van der Waals surface area contributed by atoms with Gasteiger partial charge in [-0.2, -0.15) is 24.4 Å². The molecule has 0 saturated heterocycles. The van der Waals surface area contributed by atoms with Gasteiger partial charge in [0.15, 0.2) is 0 Å². The number of carbonyl (C=O) groups is 3. The van der Waals surface area contributed by atoms with Gasteiger partial charge in [-0.1, -0.05) is 142 Å². The molecular formula is C44H55N3O4S2. The van der Waals surface area contributed by atoms with E-state index in [1.807, 2.05) is 61.7 Å². The van der Waals surface area contributed by atoms with E-state index in [4.69, 9.17) is 17.4 Å². The predicted octanol–water partition coefficient (Wildman–Crippen LogP) is 7.59. The molecule has 7 nitrogen and oxygen atoms in total. The van der Waals surface area contributed by atoms with Crippen LogP contribution in [0.3, 0.4) is 0 Å². The summed E-state index contributed by atoms with van der Waals surface area (Å²) in [6, 6.07) is 38.9. The molecular weight excluding hydrogens is 699 g/mol. The number of esters is 1. The van der Waals surface area contributed by atoms with E-state index in [2.05, 4.69) is 95.7 Å². The Morgan fingerprint density at radius 3 is 1.68 bits per heavy atom. The highest BCUT2D eigenvalue weighted by molar-refractivity contribution is 7.98. The molecule has 0 saturated carbocycles. The molecule has 4 aromatic rings. The Morgan fingerprint density at radius 1 is 0.717 bits per heavy atom. The Hall–Kier alpha value is -4.05. The van der Waals surface area contributed by atoms with E-state index in [1.165, 1.54) is 16.7 Å². The van der Waals surface area contributed by atoms with Crippen molar-refractivity contribution in [3.8, 4) is 0 Å². The molecule has 0 bridgehead atoms. The van der Waals surface area contributed by atoms with E-state index in [-0.39, 0.29) is 30.2 Å². The first-order chi connectivity index (χ1) is 25.7. The van der Waals surface area contributed by atoms with Gasteiger partial charge in [0.25, 0.3) is 0 Å². The van der Waals surface area contributed by atoms with Crippen molar-refractivity contribution in [3.05, 3.63) is 144 Å². The minimum Gasteiger partial charge on any atom is -0.464 e. The highest BCUT2D eigenvalue weighted by atomic mass is 32.2. The van der Waals surface area contributed by atoms with Crippen molar-refractivity contribution in [2.45, 2.75) is 81.8 Å². The number of benzene rings is 4. The van der Waals surface area contributed by atoms with Gasteiger partial charge in [0.2, 0.25) is 11.8 Å². The second kappa shape index (κ2) is 21.6.